The highest BCUT2D eigenvalue weighted by Crippen LogP contribution is 2.29. The largest absolute Gasteiger partial charge is 0.431 e. The van der Waals surface area contributed by atoms with Gasteiger partial charge in [-0.25, -0.2) is 4.79 Å². The van der Waals surface area contributed by atoms with Gasteiger partial charge in [0.15, 0.2) is 0 Å². The zero-order chi connectivity index (χ0) is 15.3. The first-order valence-electron chi connectivity index (χ1n) is 6.06. The molecule has 0 radical (unpaired) electrons. The second-order valence-corrected chi connectivity index (χ2v) is 4.19. The van der Waals surface area contributed by atoms with Gasteiger partial charge in [-0.2, -0.15) is 13.2 Å². The minimum Gasteiger partial charge on any atom is -0.431 e. The van der Waals surface area contributed by atoms with Crippen molar-refractivity contribution >= 4 is 12.0 Å². The molecule has 0 N–H and O–H groups in total. The lowest BCUT2D eigenvalue weighted by Crippen LogP contribution is -2.06. The van der Waals surface area contributed by atoms with Crippen molar-refractivity contribution in [2.24, 2.45) is 0 Å². The molecule has 0 saturated heterocycles. The van der Waals surface area contributed by atoms with Gasteiger partial charge in [0.2, 0.25) is 0 Å². The Morgan fingerprint density at radius 1 is 0.952 bits per heavy atom. The molecule has 0 aliphatic rings. The van der Waals surface area contributed by atoms with Crippen molar-refractivity contribution in [1.82, 2.24) is 0 Å². The first kappa shape index (κ1) is 14.8. The molecule has 2 rings (SSSR count). The van der Waals surface area contributed by atoms with Gasteiger partial charge >= 0.3 is 12.1 Å². The molecule has 0 bridgehead atoms. The fourth-order valence-corrected chi connectivity index (χ4v) is 1.60. The SMILES string of the molecule is O=C(O/C=C\c1ccccc1)c1ccc(C(F)(F)F)cc1. The Hall–Kier alpha value is -2.56. The van der Waals surface area contributed by atoms with Gasteiger partial charge in [-0.3, -0.25) is 0 Å². The molecule has 2 aromatic rings. The molecular formula is C16H11F3O2. The molecule has 2 nitrogen and oxygen atoms in total. The van der Waals surface area contributed by atoms with Crippen LogP contribution >= 0.6 is 0 Å². The average molecular weight is 292 g/mol. The maximum Gasteiger partial charge on any atom is 0.416 e. The lowest BCUT2D eigenvalue weighted by Gasteiger charge is -2.06. The van der Waals surface area contributed by atoms with E-state index in [1.807, 2.05) is 30.3 Å². The van der Waals surface area contributed by atoms with Crippen LogP contribution in [0.25, 0.3) is 6.08 Å². The highest BCUT2D eigenvalue weighted by molar-refractivity contribution is 5.90. The summed E-state index contributed by atoms with van der Waals surface area (Å²) in [5.74, 6) is -0.712. The van der Waals surface area contributed by atoms with Crippen LogP contribution in [0.5, 0.6) is 0 Å². The van der Waals surface area contributed by atoms with Crippen molar-refractivity contribution in [1.29, 1.82) is 0 Å². The molecule has 0 saturated carbocycles. The van der Waals surface area contributed by atoms with E-state index in [0.29, 0.717) is 0 Å². The Morgan fingerprint density at radius 2 is 1.57 bits per heavy atom. The summed E-state index contributed by atoms with van der Waals surface area (Å²) in [7, 11) is 0. The van der Waals surface area contributed by atoms with E-state index in [2.05, 4.69) is 0 Å². The molecule has 0 atom stereocenters. The van der Waals surface area contributed by atoms with Gasteiger partial charge in [-0.05, 0) is 35.9 Å². The van der Waals surface area contributed by atoms with Crippen LogP contribution in [0.1, 0.15) is 21.5 Å². The van der Waals surface area contributed by atoms with Crippen LogP contribution in [0.15, 0.2) is 60.9 Å². The van der Waals surface area contributed by atoms with Gasteiger partial charge in [0.1, 0.15) is 0 Å². The summed E-state index contributed by atoms with van der Waals surface area (Å²) in [6, 6.07) is 13.0. The normalized spacial score (nSPS) is 11.6. The van der Waals surface area contributed by atoms with E-state index in [1.54, 1.807) is 6.08 Å². The minimum atomic E-state index is -4.42. The lowest BCUT2D eigenvalue weighted by atomic mass is 10.1. The molecule has 5 heteroatoms. The summed E-state index contributed by atoms with van der Waals surface area (Å²) in [6.45, 7) is 0. The number of benzene rings is 2. The standard InChI is InChI=1S/C16H11F3O2/c17-16(18,19)14-8-6-13(7-9-14)15(20)21-11-10-12-4-2-1-3-5-12/h1-11H/b11-10-. The molecule has 0 amide bonds. The highest BCUT2D eigenvalue weighted by Gasteiger charge is 2.30. The summed E-state index contributed by atoms with van der Waals surface area (Å²) >= 11 is 0. The Balaban J connectivity index is 1.99. The van der Waals surface area contributed by atoms with Crippen LogP contribution < -0.4 is 0 Å². The Labute approximate surface area is 119 Å². The first-order chi connectivity index (χ1) is 9.97. The molecular weight excluding hydrogens is 281 g/mol. The third-order valence-corrected chi connectivity index (χ3v) is 2.68. The number of rotatable bonds is 3. The minimum absolute atomic E-state index is 0.0562. The zero-order valence-electron chi connectivity index (χ0n) is 10.8. The smallest absolute Gasteiger partial charge is 0.416 e. The van der Waals surface area contributed by atoms with E-state index in [9.17, 15) is 18.0 Å². The molecule has 108 valence electrons. The number of hydrogen-bond donors (Lipinski definition) is 0. The van der Waals surface area contributed by atoms with Crippen molar-refractivity contribution in [3.8, 4) is 0 Å². The van der Waals surface area contributed by atoms with E-state index in [4.69, 9.17) is 4.74 Å². The molecule has 0 fully saturated rings. The highest BCUT2D eigenvalue weighted by atomic mass is 19.4. The van der Waals surface area contributed by atoms with Crippen molar-refractivity contribution in [3.05, 3.63) is 77.5 Å². The van der Waals surface area contributed by atoms with Crippen LogP contribution in [-0.2, 0) is 10.9 Å². The molecule has 21 heavy (non-hydrogen) atoms. The van der Waals surface area contributed by atoms with Crippen molar-refractivity contribution < 1.29 is 22.7 Å². The molecule has 2 aromatic carbocycles. The second kappa shape index (κ2) is 6.26. The van der Waals surface area contributed by atoms with E-state index in [0.717, 1.165) is 29.8 Å². The molecule has 0 unspecified atom stereocenters. The van der Waals surface area contributed by atoms with Crippen LogP contribution in [-0.4, -0.2) is 5.97 Å². The van der Waals surface area contributed by atoms with E-state index in [1.165, 1.54) is 6.26 Å². The predicted octanol–water partition coefficient (Wildman–Crippen LogP) is 4.53. The molecule has 0 heterocycles. The average Bonchev–Trinajstić information content (AvgIpc) is 2.47. The number of alkyl halides is 3. The number of halogens is 3. The van der Waals surface area contributed by atoms with Gasteiger partial charge in [0.25, 0.3) is 0 Å². The van der Waals surface area contributed by atoms with Gasteiger partial charge in [0, 0.05) is 0 Å². The predicted molar refractivity (Wildman–Crippen MR) is 72.3 cm³/mol. The first-order valence-corrected chi connectivity index (χ1v) is 6.06. The van der Waals surface area contributed by atoms with Gasteiger partial charge in [-0.1, -0.05) is 30.3 Å². The van der Waals surface area contributed by atoms with Crippen LogP contribution in [0, 0.1) is 0 Å². The summed E-state index contributed by atoms with van der Waals surface area (Å²) in [4.78, 5) is 11.6. The second-order valence-electron chi connectivity index (χ2n) is 4.19. The Bertz CT molecular complexity index is 629. The van der Waals surface area contributed by atoms with Crippen LogP contribution in [0.2, 0.25) is 0 Å². The van der Waals surface area contributed by atoms with E-state index in [-0.39, 0.29) is 5.56 Å². The van der Waals surface area contributed by atoms with E-state index >= 15 is 0 Å². The third-order valence-electron chi connectivity index (χ3n) is 2.68. The topological polar surface area (TPSA) is 26.3 Å². The number of hydrogen-bond acceptors (Lipinski definition) is 2. The molecule has 0 aliphatic carbocycles. The maximum atomic E-state index is 12.4. The quantitative estimate of drug-likeness (QED) is 0.613. The van der Waals surface area contributed by atoms with Gasteiger partial charge < -0.3 is 4.74 Å². The summed E-state index contributed by atoms with van der Waals surface area (Å²) in [6.07, 6.45) is -1.63. The third kappa shape index (κ3) is 4.21. The fourth-order valence-electron chi connectivity index (χ4n) is 1.60. The monoisotopic (exact) mass is 292 g/mol. The van der Waals surface area contributed by atoms with Gasteiger partial charge in [0.05, 0.1) is 17.4 Å². The molecule has 0 aliphatic heterocycles. The molecule has 0 aromatic heterocycles. The maximum absolute atomic E-state index is 12.4. The number of ether oxygens (including phenoxy) is 1. The van der Waals surface area contributed by atoms with Crippen molar-refractivity contribution in [2.45, 2.75) is 6.18 Å². The van der Waals surface area contributed by atoms with Crippen molar-refractivity contribution in [3.63, 3.8) is 0 Å². The zero-order valence-corrected chi connectivity index (χ0v) is 10.8. The van der Waals surface area contributed by atoms with Crippen molar-refractivity contribution in [2.75, 3.05) is 0 Å². The lowest BCUT2D eigenvalue weighted by molar-refractivity contribution is -0.137. The number of carbonyl (C=O) groups excluding carboxylic acids is 1. The molecule has 0 spiro atoms. The Kier molecular flexibility index (Phi) is 4.42. The van der Waals surface area contributed by atoms with E-state index < -0.39 is 17.7 Å². The van der Waals surface area contributed by atoms with Crippen LogP contribution in [0.3, 0.4) is 0 Å². The fraction of sp³-hybridized carbons (Fsp3) is 0.0625. The van der Waals surface area contributed by atoms with Gasteiger partial charge in [-0.15, -0.1) is 0 Å². The number of carbonyl (C=O) groups is 1. The van der Waals surface area contributed by atoms with Crippen LogP contribution in [0.4, 0.5) is 13.2 Å². The summed E-state index contributed by atoms with van der Waals surface area (Å²) in [5.41, 5.74) is 0.0947. The Morgan fingerprint density at radius 3 is 2.14 bits per heavy atom. The summed E-state index contributed by atoms with van der Waals surface area (Å²) < 4.78 is 42.0. The number of esters is 1. The summed E-state index contributed by atoms with van der Waals surface area (Å²) in [5, 5.41) is 0.